The number of carboxylic acids is 3. The van der Waals surface area contributed by atoms with Gasteiger partial charge in [-0.2, -0.15) is 9.90 Å². The Morgan fingerprint density at radius 2 is 0.920 bits per heavy atom. The number of aliphatic hydroxyl groups is 3. The second-order valence-electron chi connectivity index (χ2n) is 3.95. The van der Waals surface area contributed by atoms with Gasteiger partial charge in [0.15, 0.2) is 0 Å². The summed E-state index contributed by atoms with van der Waals surface area (Å²) in [5.41, 5.74) is -0.667. The Labute approximate surface area is 150 Å². The summed E-state index contributed by atoms with van der Waals surface area (Å²) in [5.74, 6) is -2.94. The molecule has 0 heterocycles. The number of rotatable bonds is 7. The summed E-state index contributed by atoms with van der Waals surface area (Å²) in [5, 5.41) is 48.8. The first kappa shape index (κ1) is 34.3. The summed E-state index contributed by atoms with van der Waals surface area (Å²) in [6.45, 7) is 10.2. The molecule has 0 rings (SSSR count). The lowest BCUT2D eigenvalue weighted by molar-refractivity contribution is -0.132. The van der Waals surface area contributed by atoms with E-state index in [0.717, 1.165) is 18.2 Å². The van der Waals surface area contributed by atoms with Crippen molar-refractivity contribution in [2.24, 2.45) is 5.41 Å². The van der Waals surface area contributed by atoms with Crippen molar-refractivity contribution in [3.05, 3.63) is 38.0 Å². The molecule has 0 aromatic rings. The normalized spacial score (nSPS) is 8.16. The van der Waals surface area contributed by atoms with Crippen LogP contribution in [-0.2, 0) is 14.4 Å². The summed E-state index contributed by atoms with van der Waals surface area (Å²) in [6.07, 6.45) is 3.09. The molecule has 6 N–H and O–H groups in total. The fourth-order valence-electron chi connectivity index (χ4n) is 0.485. The van der Waals surface area contributed by atoms with Crippen LogP contribution in [0.1, 0.15) is 13.3 Å². The molecule has 0 aliphatic carbocycles. The Morgan fingerprint density at radius 1 is 0.760 bits per heavy atom. The molecule has 1 atom stereocenters. The molecule has 0 saturated heterocycles. The predicted octanol–water partition coefficient (Wildman–Crippen LogP) is 0.189. The van der Waals surface area contributed by atoms with E-state index in [1.165, 1.54) is 0 Å². The van der Waals surface area contributed by atoms with Crippen molar-refractivity contribution < 1.29 is 45.0 Å². The smallest absolute Gasteiger partial charge is 0.327 e. The van der Waals surface area contributed by atoms with Gasteiger partial charge >= 0.3 is 17.9 Å². The fourth-order valence-corrected chi connectivity index (χ4v) is 0.485. The van der Waals surface area contributed by atoms with Gasteiger partial charge in [0, 0.05) is 23.6 Å². The molecule has 148 valence electrons. The molecular formula is C15H29O9P. The lowest BCUT2D eigenvalue weighted by atomic mass is 9.88. The van der Waals surface area contributed by atoms with Crippen molar-refractivity contribution in [2.75, 3.05) is 19.8 Å². The minimum atomic E-state index is -0.981. The van der Waals surface area contributed by atoms with Crippen LogP contribution in [0, 0.1) is 5.41 Å². The molecule has 0 spiro atoms. The number of carbonyl (C=O) groups is 3. The van der Waals surface area contributed by atoms with Crippen molar-refractivity contribution in [2.45, 2.75) is 13.3 Å². The molecule has 0 fully saturated rings. The number of aliphatic hydroxyl groups excluding tert-OH is 3. The van der Waals surface area contributed by atoms with Crippen LogP contribution in [0.25, 0.3) is 0 Å². The van der Waals surface area contributed by atoms with Gasteiger partial charge in [-0.1, -0.05) is 26.7 Å². The minimum Gasteiger partial charge on any atom is -0.478 e. The van der Waals surface area contributed by atoms with Crippen molar-refractivity contribution >= 4 is 27.8 Å². The predicted molar refractivity (Wildman–Crippen MR) is 98.6 cm³/mol. The van der Waals surface area contributed by atoms with E-state index >= 15 is 0 Å². The topological polar surface area (TPSA) is 173 Å². The summed E-state index contributed by atoms with van der Waals surface area (Å²) in [6, 6.07) is 0. The lowest BCUT2D eigenvalue weighted by Gasteiger charge is -2.24. The third kappa shape index (κ3) is 34.3. The molecule has 0 aromatic heterocycles. The fraction of sp³-hybridized carbons (Fsp3) is 0.400. The van der Waals surface area contributed by atoms with Gasteiger partial charge in [0.05, 0.1) is 19.8 Å². The van der Waals surface area contributed by atoms with Gasteiger partial charge in [0.1, 0.15) is 0 Å². The molecule has 25 heavy (non-hydrogen) atoms. The maximum Gasteiger partial charge on any atom is 0.327 e. The van der Waals surface area contributed by atoms with E-state index in [2.05, 4.69) is 19.7 Å². The minimum absolute atomic E-state index is 0. The highest BCUT2D eigenvalue weighted by Gasteiger charge is 2.24. The Morgan fingerprint density at radius 3 is 0.920 bits per heavy atom. The third-order valence-corrected chi connectivity index (χ3v) is 2.28. The largest absolute Gasteiger partial charge is 0.478 e. The van der Waals surface area contributed by atoms with E-state index in [1.54, 1.807) is 0 Å². The highest BCUT2D eigenvalue weighted by molar-refractivity contribution is 6.92. The van der Waals surface area contributed by atoms with E-state index in [0.29, 0.717) is 6.42 Å². The van der Waals surface area contributed by atoms with Crippen LogP contribution in [0.5, 0.6) is 0 Å². The van der Waals surface area contributed by atoms with Gasteiger partial charge in [-0.15, -0.1) is 0 Å². The first-order valence-corrected chi connectivity index (χ1v) is 6.44. The zero-order valence-electron chi connectivity index (χ0n) is 14.3. The zero-order valence-corrected chi connectivity index (χ0v) is 15.7. The number of hydrogen-bond acceptors (Lipinski definition) is 6. The molecule has 0 aromatic carbocycles. The van der Waals surface area contributed by atoms with E-state index in [9.17, 15) is 14.4 Å². The van der Waals surface area contributed by atoms with E-state index < -0.39 is 23.3 Å². The first-order chi connectivity index (χ1) is 11.1. The standard InChI is InChI=1S/C6H14O3.3C3H4O2.H3P/c1-2-6(3-7,4-8)5-9;3*1-2-3(4)5;/h7-9H,2-5H2,1H3;3*2H,1H2,(H,4,5);1H3. The average Bonchev–Trinajstić information content (AvgIpc) is 2.59. The SMILES string of the molecule is C=CC(=O)O.C=CC(=O)O.C=CC(=O)O.CCC(CO)(CO)CO.P. The number of carboxylic acid groups (broad SMARTS) is 3. The maximum absolute atomic E-state index is 9.25. The second-order valence-corrected chi connectivity index (χ2v) is 3.95. The second kappa shape index (κ2) is 24.2. The molecule has 0 amide bonds. The average molecular weight is 384 g/mol. The van der Waals surface area contributed by atoms with Gasteiger partial charge in [-0.25, -0.2) is 14.4 Å². The molecule has 0 saturated carbocycles. The van der Waals surface area contributed by atoms with E-state index in [4.69, 9.17) is 30.6 Å². The third-order valence-electron chi connectivity index (χ3n) is 2.28. The highest BCUT2D eigenvalue weighted by atomic mass is 31.0. The Hall–Kier alpha value is -2.06. The van der Waals surface area contributed by atoms with Gasteiger partial charge < -0.3 is 30.6 Å². The molecule has 0 aliphatic rings. The molecule has 10 heteroatoms. The molecule has 9 nitrogen and oxygen atoms in total. The lowest BCUT2D eigenvalue weighted by Crippen LogP contribution is -2.32. The summed E-state index contributed by atoms with van der Waals surface area (Å²) in [7, 11) is 0. The first-order valence-electron chi connectivity index (χ1n) is 6.44. The highest BCUT2D eigenvalue weighted by Crippen LogP contribution is 2.18. The summed E-state index contributed by atoms with van der Waals surface area (Å²) < 4.78 is 0. The summed E-state index contributed by atoms with van der Waals surface area (Å²) >= 11 is 0. The Balaban J connectivity index is -0.0000000733. The van der Waals surface area contributed by atoms with E-state index in [-0.39, 0.29) is 29.7 Å². The van der Waals surface area contributed by atoms with Crippen molar-refractivity contribution in [3.63, 3.8) is 0 Å². The van der Waals surface area contributed by atoms with Crippen molar-refractivity contribution in [1.82, 2.24) is 0 Å². The Bertz CT molecular complexity index is 330. The molecule has 0 bridgehead atoms. The quantitative estimate of drug-likeness (QED) is 0.264. The van der Waals surface area contributed by atoms with Gasteiger partial charge in [0.2, 0.25) is 0 Å². The van der Waals surface area contributed by atoms with Crippen LogP contribution in [0.3, 0.4) is 0 Å². The number of aliphatic carboxylic acids is 3. The van der Waals surface area contributed by atoms with E-state index in [1.807, 2.05) is 6.92 Å². The monoisotopic (exact) mass is 384 g/mol. The zero-order chi connectivity index (χ0) is 20.2. The van der Waals surface area contributed by atoms with Crippen LogP contribution < -0.4 is 0 Å². The van der Waals surface area contributed by atoms with Gasteiger partial charge in [0.25, 0.3) is 0 Å². The molecule has 0 radical (unpaired) electrons. The maximum atomic E-state index is 9.25. The van der Waals surface area contributed by atoms with Crippen LogP contribution in [0.15, 0.2) is 38.0 Å². The van der Waals surface area contributed by atoms with Crippen molar-refractivity contribution in [3.8, 4) is 0 Å². The van der Waals surface area contributed by atoms with Gasteiger partial charge in [-0.3, -0.25) is 0 Å². The summed E-state index contributed by atoms with van der Waals surface area (Å²) in [4.78, 5) is 27.8. The molecule has 1 unspecified atom stereocenters. The van der Waals surface area contributed by atoms with Crippen LogP contribution in [0.2, 0.25) is 0 Å². The molecular weight excluding hydrogens is 355 g/mol. The van der Waals surface area contributed by atoms with Crippen LogP contribution in [0.4, 0.5) is 0 Å². The van der Waals surface area contributed by atoms with Gasteiger partial charge in [-0.05, 0) is 6.42 Å². The number of hydrogen-bond donors (Lipinski definition) is 6. The van der Waals surface area contributed by atoms with Crippen LogP contribution >= 0.6 is 9.90 Å². The molecule has 0 aliphatic heterocycles. The van der Waals surface area contributed by atoms with Crippen molar-refractivity contribution in [1.29, 1.82) is 0 Å². The Kier molecular flexibility index (Phi) is 33.2. The van der Waals surface area contributed by atoms with Crippen LogP contribution in [-0.4, -0.2) is 68.4 Å².